The Labute approximate surface area is 111 Å². The molecule has 0 unspecified atom stereocenters. The number of para-hydroxylation sites is 1. The fourth-order valence-electron chi connectivity index (χ4n) is 1.76. The molecule has 0 spiro atoms. The molecule has 100 valence electrons. The van der Waals surface area contributed by atoms with E-state index in [1.807, 2.05) is 30.3 Å². The molecule has 1 aromatic carbocycles. The van der Waals surface area contributed by atoms with Crippen molar-refractivity contribution in [3.8, 4) is 5.88 Å². The molecule has 0 fully saturated rings. The molecule has 1 heterocycles. The van der Waals surface area contributed by atoms with Gasteiger partial charge in [-0.3, -0.25) is 0 Å². The molecule has 0 aliphatic heterocycles. The van der Waals surface area contributed by atoms with Crippen LogP contribution in [0.15, 0.2) is 35.5 Å². The lowest BCUT2D eigenvalue weighted by Crippen LogP contribution is -2.16. The predicted octanol–water partition coefficient (Wildman–Crippen LogP) is 2.51. The van der Waals surface area contributed by atoms with Gasteiger partial charge in [-0.15, -0.1) is 0 Å². The molecule has 0 atom stereocenters. The van der Waals surface area contributed by atoms with Gasteiger partial charge in [0.1, 0.15) is 0 Å². The van der Waals surface area contributed by atoms with Gasteiger partial charge in [0.05, 0.1) is 17.7 Å². The summed E-state index contributed by atoms with van der Waals surface area (Å²) in [5.41, 5.74) is 7.00. The van der Waals surface area contributed by atoms with Crippen molar-refractivity contribution in [1.29, 1.82) is 0 Å². The third kappa shape index (κ3) is 2.93. The van der Waals surface area contributed by atoms with E-state index in [9.17, 15) is 0 Å². The van der Waals surface area contributed by atoms with E-state index in [2.05, 4.69) is 17.1 Å². The van der Waals surface area contributed by atoms with Crippen molar-refractivity contribution in [2.45, 2.75) is 19.8 Å². The van der Waals surface area contributed by atoms with Crippen LogP contribution in [-0.4, -0.2) is 22.6 Å². The summed E-state index contributed by atoms with van der Waals surface area (Å²) < 4.78 is 5.63. The summed E-state index contributed by atoms with van der Waals surface area (Å²) >= 11 is 0. The molecule has 5 heteroatoms. The van der Waals surface area contributed by atoms with Gasteiger partial charge < -0.3 is 15.7 Å². The molecule has 2 aromatic rings. The van der Waals surface area contributed by atoms with E-state index in [0.717, 1.165) is 23.7 Å². The number of pyridine rings is 1. The van der Waals surface area contributed by atoms with Gasteiger partial charge in [0.25, 0.3) is 0 Å². The lowest BCUT2D eigenvalue weighted by atomic mass is 10.1. The number of unbranched alkanes of at least 4 members (excludes halogenated alkanes) is 1. The highest BCUT2D eigenvalue weighted by molar-refractivity contribution is 6.02. The van der Waals surface area contributed by atoms with Crippen LogP contribution in [0.1, 0.15) is 25.3 Å². The van der Waals surface area contributed by atoms with Gasteiger partial charge in [-0.2, -0.15) is 0 Å². The summed E-state index contributed by atoms with van der Waals surface area (Å²) in [6.45, 7) is 2.65. The van der Waals surface area contributed by atoms with Crippen LogP contribution in [-0.2, 0) is 0 Å². The van der Waals surface area contributed by atoms with Gasteiger partial charge in [0, 0.05) is 5.39 Å². The lowest BCUT2D eigenvalue weighted by molar-refractivity contribution is 0.296. The van der Waals surface area contributed by atoms with Gasteiger partial charge in [0.15, 0.2) is 5.84 Å². The standard InChI is InChI=1S/C14H17N3O2/c1-2-3-8-19-14-11(13(15)17-18)9-10-6-4-5-7-12(10)16-14/h4-7,9,18H,2-3,8H2,1H3,(H2,15,17). The summed E-state index contributed by atoms with van der Waals surface area (Å²) in [4.78, 5) is 4.42. The van der Waals surface area contributed by atoms with Crippen molar-refractivity contribution in [3.05, 3.63) is 35.9 Å². The first-order valence-electron chi connectivity index (χ1n) is 6.26. The number of nitrogens with zero attached hydrogens (tertiary/aromatic N) is 2. The number of hydrogen-bond donors (Lipinski definition) is 2. The zero-order valence-corrected chi connectivity index (χ0v) is 10.8. The number of rotatable bonds is 5. The van der Waals surface area contributed by atoms with Gasteiger partial charge in [-0.05, 0) is 18.6 Å². The van der Waals surface area contributed by atoms with Crippen LogP contribution in [0.5, 0.6) is 5.88 Å². The Balaban J connectivity index is 2.45. The Morgan fingerprint density at radius 3 is 2.95 bits per heavy atom. The molecule has 2 rings (SSSR count). The van der Waals surface area contributed by atoms with Crippen LogP contribution in [0.4, 0.5) is 0 Å². The minimum absolute atomic E-state index is 0.00440. The molecule has 0 amide bonds. The van der Waals surface area contributed by atoms with Crippen LogP contribution in [0, 0.1) is 0 Å². The van der Waals surface area contributed by atoms with E-state index in [1.165, 1.54) is 0 Å². The maximum atomic E-state index is 8.84. The highest BCUT2D eigenvalue weighted by Crippen LogP contribution is 2.22. The molecule has 0 bridgehead atoms. The highest BCUT2D eigenvalue weighted by atomic mass is 16.5. The summed E-state index contributed by atoms with van der Waals surface area (Å²) in [6.07, 6.45) is 1.97. The fraction of sp³-hybridized carbons (Fsp3) is 0.286. The van der Waals surface area contributed by atoms with E-state index in [-0.39, 0.29) is 5.84 Å². The van der Waals surface area contributed by atoms with Crippen LogP contribution in [0.3, 0.4) is 0 Å². The highest BCUT2D eigenvalue weighted by Gasteiger charge is 2.12. The maximum Gasteiger partial charge on any atom is 0.225 e. The van der Waals surface area contributed by atoms with Crippen molar-refractivity contribution >= 4 is 16.7 Å². The second-order valence-electron chi connectivity index (χ2n) is 4.22. The Hall–Kier alpha value is -2.30. The van der Waals surface area contributed by atoms with E-state index in [1.54, 1.807) is 0 Å². The minimum Gasteiger partial charge on any atom is -0.477 e. The molecule has 3 N–H and O–H groups in total. The largest absolute Gasteiger partial charge is 0.477 e. The number of benzene rings is 1. The summed E-state index contributed by atoms with van der Waals surface area (Å²) in [7, 11) is 0. The molecule has 19 heavy (non-hydrogen) atoms. The van der Waals surface area contributed by atoms with Crippen LogP contribution >= 0.6 is 0 Å². The number of hydrogen-bond acceptors (Lipinski definition) is 4. The lowest BCUT2D eigenvalue weighted by Gasteiger charge is -2.10. The van der Waals surface area contributed by atoms with Crippen molar-refractivity contribution in [2.24, 2.45) is 10.9 Å². The Bertz CT molecular complexity index is 596. The molecule has 0 saturated carbocycles. The molecule has 0 aliphatic rings. The number of ether oxygens (including phenoxy) is 1. The molecular weight excluding hydrogens is 242 g/mol. The number of oxime groups is 1. The van der Waals surface area contributed by atoms with E-state index in [0.29, 0.717) is 18.1 Å². The number of amidine groups is 1. The molecule has 0 saturated heterocycles. The van der Waals surface area contributed by atoms with Crippen LogP contribution in [0.2, 0.25) is 0 Å². The molecule has 1 aromatic heterocycles. The second kappa shape index (κ2) is 6.04. The zero-order chi connectivity index (χ0) is 13.7. The Morgan fingerprint density at radius 1 is 1.42 bits per heavy atom. The summed E-state index contributed by atoms with van der Waals surface area (Å²) in [6, 6.07) is 9.47. The van der Waals surface area contributed by atoms with Crippen molar-refractivity contribution < 1.29 is 9.94 Å². The number of aromatic nitrogens is 1. The SMILES string of the molecule is CCCCOc1nc2ccccc2cc1C(N)=NO. The first-order chi connectivity index (χ1) is 9.26. The second-order valence-corrected chi connectivity index (χ2v) is 4.22. The van der Waals surface area contributed by atoms with E-state index >= 15 is 0 Å². The van der Waals surface area contributed by atoms with Crippen molar-refractivity contribution in [3.63, 3.8) is 0 Å². The van der Waals surface area contributed by atoms with Gasteiger partial charge in [-0.1, -0.05) is 36.7 Å². The molecule has 0 aliphatic carbocycles. The normalized spacial score (nSPS) is 11.7. The van der Waals surface area contributed by atoms with Crippen molar-refractivity contribution in [1.82, 2.24) is 4.98 Å². The monoisotopic (exact) mass is 259 g/mol. The van der Waals surface area contributed by atoms with Gasteiger partial charge in [0.2, 0.25) is 5.88 Å². The Morgan fingerprint density at radius 2 is 2.21 bits per heavy atom. The third-order valence-electron chi connectivity index (χ3n) is 2.81. The fourth-order valence-corrected chi connectivity index (χ4v) is 1.76. The smallest absolute Gasteiger partial charge is 0.225 e. The number of fused-ring (bicyclic) bond motifs is 1. The maximum absolute atomic E-state index is 8.84. The molecular formula is C14H17N3O2. The van der Waals surface area contributed by atoms with Crippen LogP contribution < -0.4 is 10.5 Å². The van der Waals surface area contributed by atoms with Crippen LogP contribution in [0.25, 0.3) is 10.9 Å². The van der Waals surface area contributed by atoms with Crippen molar-refractivity contribution in [2.75, 3.05) is 6.61 Å². The van der Waals surface area contributed by atoms with Gasteiger partial charge in [-0.25, -0.2) is 4.98 Å². The quantitative estimate of drug-likeness (QED) is 0.284. The first-order valence-corrected chi connectivity index (χ1v) is 6.26. The average Bonchev–Trinajstić information content (AvgIpc) is 2.46. The third-order valence-corrected chi connectivity index (χ3v) is 2.81. The minimum atomic E-state index is 0.00440. The number of nitrogens with two attached hydrogens (primary N) is 1. The van der Waals surface area contributed by atoms with Gasteiger partial charge >= 0.3 is 0 Å². The first kappa shape index (κ1) is 13.1. The van der Waals surface area contributed by atoms with E-state index in [4.69, 9.17) is 15.7 Å². The Kier molecular flexibility index (Phi) is 4.18. The summed E-state index contributed by atoms with van der Waals surface area (Å²) in [5.74, 6) is 0.409. The van der Waals surface area contributed by atoms with E-state index < -0.39 is 0 Å². The topological polar surface area (TPSA) is 80.7 Å². The summed E-state index contributed by atoms with van der Waals surface area (Å²) in [5, 5.41) is 12.8. The zero-order valence-electron chi connectivity index (χ0n) is 10.8. The molecule has 5 nitrogen and oxygen atoms in total. The molecule has 0 radical (unpaired) electrons. The average molecular weight is 259 g/mol. The predicted molar refractivity (Wildman–Crippen MR) is 74.7 cm³/mol.